The van der Waals surface area contributed by atoms with Gasteiger partial charge in [-0.1, -0.05) is 0 Å². The molecule has 1 aliphatic rings. The number of aromatic amines is 1. The van der Waals surface area contributed by atoms with Crippen LogP contribution in [0.3, 0.4) is 0 Å². The molecule has 0 unspecified atom stereocenters. The van der Waals surface area contributed by atoms with Crippen LogP contribution in [-0.4, -0.2) is 40.4 Å². The van der Waals surface area contributed by atoms with Crippen molar-refractivity contribution in [1.82, 2.24) is 20.2 Å². The highest BCUT2D eigenvalue weighted by molar-refractivity contribution is 5.77. The minimum atomic E-state index is 0.311. The largest absolute Gasteiger partial charge is 0.348 e. The number of carbonyl (C=O) groups excluding carboxylic acids is 1. The van der Waals surface area contributed by atoms with Gasteiger partial charge in [0.1, 0.15) is 5.82 Å². The highest BCUT2D eigenvalue weighted by Crippen LogP contribution is 2.09. The second-order valence-electron chi connectivity index (χ2n) is 4.05. The van der Waals surface area contributed by atoms with Crippen molar-refractivity contribution >= 4 is 5.91 Å². The lowest BCUT2D eigenvalue weighted by molar-refractivity contribution is -0.127. The van der Waals surface area contributed by atoms with Gasteiger partial charge < -0.3 is 15.2 Å². The second-order valence-corrected chi connectivity index (χ2v) is 4.05. The highest BCUT2D eigenvalue weighted by Gasteiger charge is 2.18. The minimum Gasteiger partial charge on any atom is -0.348 e. The van der Waals surface area contributed by atoms with Crippen LogP contribution in [0.4, 0.5) is 0 Å². The number of nitrogens with zero attached hydrogens (tertiary/aromatic N) is 2. The van der Waals surface area contributed by atoms with E-state index in [2.05, 4.69) is 15.3 Å². The smallest absolute Gasteiger partial charge is 0.222 e. The Kier molecular flexibility index (Phi) is 3.93. The molecule has 0 radical (unpaired) electrons. The van der Waals surface area contributed by atoms with Gasteiger partial charge in [-0.05, 0) is 19.4 Å². The van der Waals surface area contributed by atoms with Gasteiger partial charge in [-0.25, -0.2) is 4.98 Å². The van der Waals surface area contributed by atoms with Gasteiger partial charge in [-0.2, -0.15) is 0 Å². The summed E-state index contributed by atoms with van der Waals surface area (Å²) in [6, 6.07) is 0. The van der Waals surface area contributed by atoms with Gasteiger partial charge in [0.2, 0.25) is 5.91 Å². The van der Waals surface area contributed by atoms with Crippen molar-refractivity contribution in [3.8, 4) is 0 Å². The van der Waals surface area contributed by atoms with Crippen LogP contribution >= 0.6 is 0 Å². The van der Waals surface area contributed by atoms with E-state index >= 15 is 0 Å². The molecule has 0 aromatic carbocycles. The maximum Gasteiger partial charge on any atom is 0.222 e. The van der Waals surface area contributed by atoms with E-state index in [9.17, 15) is 4.79 Å². The summed E-state index contributed by atoms with van der Waals surface area (Å²) < 4.78 is 0. The Morgan fingerprint density at radius 3 is 3.19 bits per heavy atom. The third-order valence-corrected chi connectivity index (χ3v) is 2.80. The summed E-state index contributed by atoms with van der Waals surface area (Å²) in [5.41, 5.74) is 0. The van der Waals surface area contributed by atoms with Crippen molar-refractivity contribution in [2.75, 3.05) is 19.6 Å². The number of nitrogens with one attached hydrogen (secondary N) is 2. The van der Waals surface area contributed by atoms with Crippen molar-refractivity contribution in [2.45, 2.75) is 25.8 Å². The fourth-order valence-electron chi connectivity index (χ4n) is 1.94. The molecular formula is C11H18N4O. The first-order valence-electron chi connectivity index (χ1n) is 5.83. The summed E-state index contributed by atoms with van der Waals surface area (Å²) in [7, 11) is 0. The molecule has 0 aliphatic carbocycles. The fraction of sp³-hybridized carbons (Fsp3) is 0.636. The Morgan fingerprint density at radius 2 is 2.50 bits per heavy atom. The number of amides is 1. The molecule has 1 saturated heterocycles. The van der Waals surface area contributed by atoms with Gasteiger partial charge >= 0.3 is 0 Å². The molecule has 1 amide bonds. The molecule has 2 N–H and O–H groups in total. The van der Waals surface area contributed by atoms with Crippen LogP contribution in [0, 0.1) is 0 Å². The summed E-state index contributed by atoms with van der Waals surface area (Å²) in [6.45, 7) is 3.51. The Labute approximate surface area is 95.2 Å². The number of imidazole rings is 1. The number of carbonyl (C=O) groups is 1. The summed E-state index contributed by atoms with van der Waals surface area (Å²) in [6.07, 6.45) is 6.34. The zero-order chi connectivity index (χ0) is 11.2. The van der Waals surface area contributed by atoms with Gasteiger partial charge in [-0.15, -0.1) is 0 Å². The molecule has 16 heavy (non-hydrogen) atoms. The quantitative estimate of drug-likeness (QED) is 0.689. The Hall–Kier alpha value is -1.36. The van der Waals surface area contributed by atoms with Crippen LogP contribution in [0.25, 0.3) is 0 Å². The SMILES string of the molecule is O=C1CCCN1CCCNCc1ncc[nH]1. The third-order valence-electron chi connectivity index (χ3n) is 2.80. The minimum absolute atomic E-state index is 0.311. The van der Waals surface area contributed by atoms with Gasteiger partial charge in [0, 0.05) is 31.9 Å². The van der Waals surface area contributed by atoms with Gasteiger partial charge in [0.15, 0.2) is 0 Å². The van der Waals surface area contributed by atoms with Gasteiger partial charge in [-0.3, -0.25) is 4.79 Å². The molecule has 2 rings (SSSR count). The van der Waals surface area contributed by atoms with Crippen molar-refractivity contribution < 1.29 is 4.79 Å². The number of rotatable bonds is 6. The summed E-state index contributed by atoms with van der Waals surface area (Å²) >= 11 is 0. The maximum atomic E-state index is 11.3. The summed E-state index contributed by atoms with van der Waals surface area (Å²) in [5, 5.41) is 3.29. The first-order valence-corrected chi connectivity index (χ1v) is 5.83. The Morgan fingerprint density at radius 1 is 1.56 bits per heavy atom. The van der Waals surface area contributed by atoms with E-state index in [4.69, 9.17) is 0 Å². The molecule has 1 aliphatic heterocycles. The zero-order valence-corrected chi connectivity index (χ0v) is 9.41. The molecule has 88 valence electrons. The normalized spacial score (nSPS) is 16.0. The summed E-state index contributed by atoms with van der Waals surface area (Å²) in [4.78, 5) is 20.4. The Balaban J connectivity index is 1.53. The average molecular weight is 222 g/mol. The van der Waals surface area contributed by atoms with E-state index in [0.717, 1.165) is 51.3 Å². The van der Waals surface area contributed by atoms with Crippen LogP contribution in [0.15, 0.2) is 12.4 Å². The summed E-state index contributed by atoms with van der Waals surface area (Å²) in [5.74, 6) is 1.27. The van der Waals surface area contributed by atoms with Crippen LogP contribution in [0.1, 0.15) is 25.1 Å². The molecule has 1 aromatic heterocycles. The van der Waals surface area contributed by atoms with E-state index in [-0.39, 0.29) is 0 Å². The molecule has 2 heterocycles. The lowest BCUT2D eigenvalue weighted by Crippen LogP contribution is -2.28. The topological polar surface area (TPSA) is 61.0 Å². The first-order chi connectivity index (χ1) is 7.86. The van der Waals surface area contributed by atoms with Crippen LogP contribution in [0.2, 0.25) is 0 Å². The number of hydrogen-bond donors (Lipinski definition) is 2. The maximum absolute atomic E-state index is 11.3. The molecule has 0 atom stereocenters. The standard InChI is InChI=1S/C11H18N4O/c16-11-3-1-7-15(11)8-2-4-12-9-10-13-5-6-14-10/h5-6,12H,1-4,7-9H2,(H,13,14). The van der Waals surface area contributed by atoms with Crippen LogP contribution < -0.4 is 5.32 Å². The highest BCUT2D eigenvalue weighted by atomic mass is 16.2. The van der Waals surface area contributed by atoms with Crippen molar-refractivity contribution in [1.29, 1.82) is 0 Å². The molecule has 1 fully saturated rings. The van der Waals surface area contributed by atoms with Crippen LogP contribution in [-0.2, 0) is 11.3 Å². The van der Waals surface area contributed by atoms with E-state index in [0.29, 0.717) is 5.91 Å². The predicted octanol–water partition coefficient (Wildman–Crippen LogP) is 0.512. The Bertz CT molecular complexity index is 323. The predicted molar refractivity (Wildman–Crippen MR) is 60.7 cm³/mol. The number of likely N-dealkylation sites (tertiary alicyclic amines) is 1. The third kappa shape index (κ3) is 3.06. The molecule has 0 bridgehead atoms. The van der Waals surface area contributed by atoms with Crippen molar-refractivity contribution in [3.63, 3.8) is 0 Å². The van der Waals surface area contributed by atoms with Gasteiger partial charge in [0.25, 0.3) is 0 Å². The average Bonchev–Trinajstić information content (AvgIpc) is 2.90. The number of aromatic nitrogens is 2. The lowest BCUT2D eigenvalue weighted by atomic mass is 10.4. The molecule has 5 nitrogen and oxygen atoms in total. The van der Waals surface area contributed by atoms with Gasteiger partial charge in [0.05, 0.1) is 6.54 Å². The number of H-pyrrole nitrogens is 1. The molecule has 0 saturated carbocycles. The zero-order valence-electron chi connectivity index (χ0n) is 9.41. The van der Waals surface area contributed by atoms with Crippen LogP contribution in [0.5, 0.6) is 0 Å². The van der Waals surface area contributed by atoms with Crippen molar-refractivity contribution in [2.24, 2.45) is 0 Å². The van der Waals surface area contributed by atoms with Crippen molar-refractivity contribution in [3.05, 3.63) is 18.2 Å². The molecular weight excluding hydrogens is 204 g/mol. The molecule has 0 spiro atoms. The first kappa shape index (κ1) is 11.1. The van der Waals surface area contributed by atoms with E-state index in [1.54, 1.807) is 6.20 Å². The van der Waals surface area contributed by atoms with E-state index < -0.39 is 0 Å². The number of hydrogen-bond acceptors (Lipinski definition) is 3. The molecule has 5 heteroatoms. The van der Waals surface area contributed by atoms with E-state index in [1.807, 2.05) is 11.1 Å². The lowest BCUT2D eigenvalue weighted by Gasteiger charge is -2.14. The second kappa shape index (κ2) is 5.65. The fourth-order valence-corrected chi connectivity index (χ4v) is 1.94. The van der Waals surface area contributed by atoms with E-state index in [1.165, 1.54) is 0 Å². The monoisotopic (exact) mass is 222 g/mol. The molecule has 1 aromatic rings.